The highest BCUT2D eigenvalue weighted by Gasteiger charge is 2.58. The lowest BCUT2D eigenvalue weighted by Gasteiger charge is -2.61. The summed E-state index contributed by atoms with van der Waals surface area (Å²) in [5.41, 5.74) is 3.90. The zero-order chi connectivity index (χ0) is 26.1. The molecule has 0 spiro atoms. The molecule has 0 aromatic heterocycles. The molecule has 0 radical (unpaired) electrons. The van der Waals surface area contributed by atoms with E-state index in [9.17, 15) is 0 Å². The standard InChI is InChI=1S/C36H44O4/c1-2-27-10-31(40-20-29-18-38-29)33(35-11-21-4-22(12-35)6-23(5-21)13-35)34(32(27)30(3-1)39-19-28-17-37-28)36-14-24-7-25(15-36)9-26(8-24)16-36/h1-3,10,21-26,28-29H,4-9,11-20H2. The van der Waals surface area contributed by atoms with Crippen LogP contribution in [0.4, 0.5) is 0 Å². The molecule has 40 heavy (non-hydrogen) atoms. The second kappa shape index (κ2) is 8.40. The molecule has 2 atom stereocenters. The molecule has 2 unspecified atom stereocenters. The molecule has 2 aromatic carbocycles. The highest BCUT2D eigenvalue weighted by molar-refractivity contribution is 5.95. The predicted octanol–water partition coefficient (Wildman–Crippen LogP) is 7.33. The topological polar surface area (TPSA) is 43.5 Å². The second-order valence-electron chi connectivity index (χ2n) is 15.9. The first-order chi connectivity index (χ1) is 19.6. The van der Waals surface area contributed by atoms with Crippen LogP contribution < -0.4 is 9.47 Å². The molecule has 4 nitrogen and oxygen atoms in total. The lowest BCUT2D eigenvalue weighted by molar-refractivity contribution is -0.0179. The van der Waals surface area contributed by atoms with Gasteiger partial charge in [0, 0.05) is 16.4 Å². The maximum atomic E-state index is 6.92. The van der Waals surface area contributed by atoms with Gasteiger partial charge in [0.1, 0.15) is 36.9 Å². The Labute approximate surface area is 238 Å². The van der Waals surface area contributed by atoms with Crippen LogP contribution in [0.5, 0.6) is 11.5 Å². The van der Waals surface area contributed by atoms with Crippen molar-refractivity contribution in [2.75, 3.05) is 26.4 Å². The van der Waals surface area contributed by atoms with Crippen molar-refractivity contribution in [3.8, 4) is 11.5 Å². The van der Waals surface area contributed by atoms with Gasteiger partial charge in [-0.25, -0.2) is 0 Å². The van der Waals surface area contributed by atoms with Crippen LogP contribution in [0.15, 0.2) is 24.3 Å². The van der Waals surface area contributed by atoms with E-state index in [1.807, 2.05) is 0 Å². The summed E-state index contributed by atoms with van der Waals surface area (Å²) in [4.78, 5) is 0. The van der Waals surface area contributed by atoms with Crippen molar-refractivity contribution in [1.82, 2.24) is 0 Å². The van der Waals surface area contributed by atoms with E-state index in [4.69, 9.17) is 18.9 Å². The van der Waals surface area contributed by atoms with Crippen molar-refractivity contribution < 1.29 is 18.9 Å². The molecule has 8 aliphatic carbocycles. The predicted molar refractivity (Wildman–Crippen MR) is 154 cm³/mol. The average Bonchev–Trinajstić information content (AvgIpc) is 3.84. The monoisotopic (exact) mass is 540 g/mol. The summed E-state index contributed by atoms with van der Waals surface area (Å²) < 4.78 is 24.9. The number of epoxide rings is 2. The minimum absolute atomic E-state index is 0.266. The van der Waals surface area contributed by atoms with Gasteiger partial charge in [0.15, 0.2) is 0 Å². The molecule has 2 heterocycles. The fraction of sp³-hybridized carbons (Fsp3) is 0.722. The van der Waals surface area contributed by atoms with Gasteiger partial charge >= 0.3 is 0 Å². The Balaban J connectivity index is 1.23. The summed E-state index contributed by atoms with van der Waals surface area (Å²) in [6, 6.07) is 9.23. The molecule has 2 saturated heterocycles. The lowest BCUT2D eigenvalue weighted by Crippen LogP contribution is -2.52. The van der Waals surface area contributed by atoms with Gasteiger partial charge in [0.05, 0.1) is 13.2 Å². The van der Waals surface area contributed by atoms with Crippen molar-refractivity contribution >= 4 is 10.8 Å². The Morgan fingerprint density at radius 3 is 1.52 bits per heavy atom. The molecule has 12 rings (SSSR count). The summed E-state index contributed by atoms with van der Waals surface area (Å²) in [7, 11) is 0. The van der Waals surface area contributed by atoms with Gasteiger partial charge in [-0.3, -0.25) is 0 Å². The largest absolute Gasteiger partial charge is 0.490 e. The molecule has 0 amide bonds. The van der Waals surface area contributed by atoms with Gasteiger partial charge in [-0.1, -0.05) is 12.1 Å². The van der Waals surface area contributed by atoms with Crippen molar-refractivity contribution in [2.45, 2.75) is 100 Å². The van der Waals surface area contributed by atoms with Crippen LogP contribution >= 0.6 is 0 Å². The number of benzene rings is 2. The summed E-state index contributed by atoms with van der Waals surface area (Å²) in [5.74, 6) is 7.74. The smallest absolute Gasteiger partial charge is 0.127 e. The zero-order valence-electron chi connectivity index (χ0n) is 23.9. The molecule has 0 N–H and O–H groups in total. The minimum atomic E-state index is 0.266. The average molecular weight is 541 g/mol. The first-order valence-electron chi connectivity index (χ1n) is 16.7. The fourth-order valence-corrected chi connectivity index (χ4v) is 12.2. The molecule has 10 aliphatic rings. The van der Waals surface area contributed by atoms with E-state index in [1.54, 1.807) is 11.1 Å². The van der Waals surface area contributed by atoms with Gasteiger partial charge in [-0.2, -0.15) is 0 Å². The van der Waals surface area contributed by atoms with E-state index in [0.29, 0.717) is 13.2 Å². The maximum absolute atomic E-state index is 6.92. The third-order valence-corrected chi connectivity index (χ3v) is 12.9. The molecule has 212 valence electrons. The van der Waals surface area contributed by atoms with Crippen LogP contribution in [-0.4, -0.2) is 38.6 Å². The first kappa shape index (κ1) is 23.7. The number of fused-ring (bicyclic) bond motifs is 1. The normalized spacial score (nSPS) is 45.3. The van der Waals surface area contributed by atoms with Crippen LogP contribution in [0.3, 0.4) is 0 Å². The third kappa shape index (κ3) is 3.70. The summed E-state index contributed by atoms with van der Waals surface area (Å²) in [6.45, 7) is 3.06. The first-order valence-corrected chi connectivity index (χ1v) is 16.7. The van der Waals surface area contributed by atoms with Gasteiger partial charge in [-0.15, -0.1) is 0 Å². The van der Waals surface area contributed by atoms with Crippen LogP contribution in [0.2, 0.25) is 0 Å². The molecule has 8 bridgehead atoms. The zero-order valence-corrected chi connectivity index (χ0v) is 23.9. The molecule has 10 fully saturated rings. The second-order valence-corrected chi connectivity index (χ2v) is 15.9. The van der Waals surface area contributed by atoms with Crippen molar-refractivity contribution in [2.24, 2.45) is 35.5 Å². The highest BCUT2D eigenvalue weighted by Crippen LogP contribution is 2.68. The van der Waals surface area contributed by atoms with E-state index < -0.39 is 0 Å². The molecule has 2 aliphatic heterocycles. The lowest BCUT2D eigenvalue weighted by atomic mass is 9.43. The molecule has 8 saturated carbocycles. The van der Waals surface area contributed by atoms with E-state index in [1.165, 1.54) is 93.6 Å². The number of ether oxygens (including phenoxy) is 4. The molecular weight excluding hydrogens is 496 g/mol. The van der Waals surface area contributed by atoms with Gasteiger partial charge in [0.2, 0.25) is 0 Å². The summed E-state index contributed by atoms with van der Waals surface area (Å²) in [6.07, 6.45) is 17.6. The van der Waals surface area contributed by atoms with Gasteiger partial charge in [-0.05, 0) is 141 Å². The maximum Gasteiger partial charge on any atom is 0.127 e. The SMILES string of the molecule is c1cc(OCC2CO2)c2c(C34CC5CC(CC(C5)C3)C4)c(C34CC5CC(CC(C5)C3)C4)c(OCC3CO3)cc2c1. The fourth-order valence-electron chi connectivity index (χ4n) is 12.2. The van der Waals surface area contributed by atoms with E-state index in [-0.39, 0.29) is 23.0 Å². The van der Waals surface area contributed by atoms with Gasteiger partial charge < -0.3 is 18.9 Å². The van der Waals surface area contributed by atoms with Crippen LogP contribution in [0, 0.1) is 35.5 Å². The summed E-state index contributed by atoms with van der Waals surface area (Å²) >= 11 is 0. The van der Waals surface area contributed by atoms with Crippen molar-refractivity contribution in [3.05, 3.63) is 35.4 Å². The van der Waals surface area contributed by atoms with E-state index in [2.05, 4.69) is 24.3 Å². The Morgan fingerprint density at radius 1 is 0.600 bits per heavy atom. The van der Waals surface area contributed by atoms with Crippen LogP contribution in [-0.2, 0) is 20.3 Å². The van der Waals surface area contributed by atoms with Crippen molar-refractivity contribution in [1.29, 1.82) is 0 Å². The number of rotatable bonds is 8. The van der Waals surface area contributed by atoms with Crippen LogP contribution in [0.1, 0.15) is 88.2 Å². The Kier molecular flexibility index (Phi) is 4.99. The highest BCUT2D eigenvalue weighted by atomic mass is 16.6. The Bertz CT molecular complexity index is 1280. The van der Waals surface area contributed by atoms with Crippen LogP contribution in [0.25, 0.3) is 10.8 Å². The number of hydrogen-bond acceptors (Lipinski definition) is 4. The van der Waals surface area contributed by atoms with E-state index in [0.717, 1.165) is 54.5 Å². The number of hydrogen-bond donors (Lipinski definition) is 0. The molecular formula is C36H44O4. The van der Waals surface area contributed by atoms with Crippen molar-refractivity contribution in [3.63, 3.8) is 0 Å². The Hall–Kier alpha value is -1.78. The summed E-state index contributed by atoms with van der Waals surface area (Å²) in [5, 5.41) is 2.76. The quantitative estimate of drug-likeness (QED) is 0.329. The van der Waals surface area contributed by atoms with E-state index >= 15 is 0 Å². The Morgan fingerprint density at radius 2 is 1.05 bits per heavy atom. The molecule has 2 aromatic rings. The third-order valence-electron chi connectivity index (χ3n) is 12.9. The minimum Gasteiger partial charge on any atom is -0.490 e. The van der Waals surface area contributed by atoms with Gasteiger partial charge in [0.25, 0.3) is 0 Å². The molecule has 4 heteroatoms.